The Hall–Kier alpha value is -2.57. The number of ketones is 1. The molecule has 9 heteroatoms. The molecule has 3 aromatic rings. The van der Waals surface area contributed by atoms with Gasteiger partial charge in [-0.2, -0.15) is 5.26 Å². The number of nitriles is 1. The van der Waals surface area contributed by atoms with E-state index >= 15 is 0 Å². The highest BCUT2D eigenvalue weighted by Gasteiger charge is 2.32. The van der Waals surface area contributed by atoms with Crippen molar-refractivity contribution in [2.24, 2.45) is 0 Å². The molecule has 4 rings (SSSR count). The molecular formula is C19H16FN5OS2. The number of thioether (sulfide) groups is 1. The summed E-state index contributed by atoms with van der Waals surface area (Å²) in [6, 6.07) is 8.73. The maximum Gasteiger partial charge on any atom is 0.192 e. The van der Waals surface area contributed by atoms with E-state index in [9.17, 15) is 14.4 Å². The van der Waals surface area contributed by atoms with Crippen LogP contribution >= 0.6 is 23.1 Å². The van der Waals surface area contributed by atoms with Crippen LogP contribution in [0.1, 0.15) is 35.5 Å². The van der Waals surface area contributed by atoms with Crippen molar-refractivity contribution in [2.45, 2.75) is 36.9 Å². The predicted octanol–water partition coefficient (Wildman–Crippen LogP) is 4.15. The van der Waals surface area contributed by atoms with Crippen molar-refractivity contribution < 1.29 is 9.18 Å². The number of Topliss-reactive ketones (excluding diaryl/α,β-unsaturated/α-hetero) is 1. The summed E-state index contributed by atoms with van der Waals surface area (Å²) in [5.74, 6) is -0.899. The van der Waals surface area contributed by atoms with Gasteiger partial charge < -0.3 is 0 Å². The number of carbonyl (C=O) groups is 1. The fourth-order valence-electron chi connectivity index (χ4n) is 2.85. The third-order valence-electron chi connectivity index (χ3n) is 4.37. The predicted molar refractivity (Wildman–Crippen MR) is 105 cm³/mol. The molecule has 1 atom stereocenters. The fourth-order valence-corrected chi connectivity index (χ4v) is 4.62. The third kappa shape index (κ3) is 3.70. The molecule has 0 N–H and O–H groups in total. The van der Waals surface area contributed by atoms with E-state index in [4.69, 9.17) is 0 Å². The van der Waals surface area contributed by atoms with Crippen LogP contribution in [-0.4, -0.2) is 31.3 Å². The molecule has 6 nitrogen and oxygen atoms in total. The molecule has 0 saturated heterocycles. The zero-order chi connectivity index (χ0) is 19.7. The van der Waals surface area contributed by atoms with E-state index in [2.05, 4.69) is 15.2 Å². The zero-order valence-corrected chi connectivity index (χ0v) is 16.6. The summed E-state index contributed by atoms with van der Waals surface area (Å²) in [6.45, 7) is 1.83. The molecule has 0 spiro atoms. The number of hydrogen-bond acceptors (Lipinski definition) is 7. The zero-order valence-electron chi connectivity index (χ0n) is 15.0. The Bertz CT molecular complexity index is 1070. The van der Waals surface area contributed by atoms with Crippen molar-refractivity contribution in [1.82, 2.24) is 19.7 Å². The molecule has 1 aliphatic carbocycles. The van der Waals surface area contributed by atoms with E-state index in [-0.39, 0.29) is 23.4 Å². The highest BCUT2D eigenvalue weighted by atomic mass is 32.2. The molecule has 1 saturated carbocycles. The Labute approximate surface area is 169 Å². The van der Waals surface area contributed by atoms with Gasteiger partial charge in [-0.1, -0.05) is 23.9 Å². The van der Waals surface area contributed by atoms with Crippen molar-refractivity contribution in [3.05, 3.63) is 46.2 Å². The first-order valence-corrected chi connectivity index (χ1v) is 10.6. The minimum atomic E-state index is -0.880. The molecule has 0 amide bonds. The standard InChI is InChI=1S/C19H16FN5OS2/c1-11-9-27-18(22-11)14(8-21)16(26)10-28-19-24-23-17(25(19)12-6-7-12)13-4-2-3-5-15(13)20/h2-5,9,12,14H,6-7,10H2,1H3/t14-/m0/s1. The summed E-state index contributed by atoms with van der Waals surface area (Å²) >= 11 is 2.55. The number of halogens is 1. The Morgan fingerprint density at radius 3 is 2.86 bits per heavy atom. The third-order valence-corrected chi connectivity index (χ3v) is 6.36. The van der Waals surface area contributed by atoms with Crippen LogP contribution in [0.4, 0.5) is 4.39 Å². The number of thiazole rings is 1. The second-order valence-electron chi connectivity index (χ2n) is 6.53. The monoisotopic (exact) mass is 413 g/mol. The minimum Gasteiger partial charge on any atom is -0.299 e. The van der Waals surface area contributed by atoms with Gasteiger partial charge >= 0.3 is 0 Å². The van der Waals surface area contributed by atoms with Crippen LogP contribution in [0, 0.1) is 24.1 Å². The van der Waals surface area contributed by atoms with E-state index in [1.807, 2.05) is 22.9 Å². The van der Waals surface area contributed by atoms with E-state index in [0.717, 1.165) is 18.5 Å². The van der Waals surface area contributed by atoms with Gasteiger partial charge in [-0.25, -0.2) is 9.37 Å². The Morgan fingerprint density at radius 1 is 1.43 bits per heavy atom. The first-order valence-electron chi connectivity index (χ1n) is 8.75. The largest absolute Gasteiger partial charge is 0.299 e. The molecule has 2 aromatic heterocycles. The van der Waals surface area contributed by atoms with Crippen molar-refractivity contribution in [2.75, 3.05) is 5.75 Å². The van der Waals surface area contributed by atoms with Crippen molar-refractivity contribution in [3.8, 4) is 17.5 Å². The molecular weight excluding hydrogens is 397 g/mol. The molecule has 1 fully saturated rings. The molecule has 2 heterocycles. The molecule has 0 unspecified atom stereocenters. The Balaban J connectivity index is 1.55. The van der Waals surface area contributed by atoms with Gasteiger partial charge in [-0.15, -0.1) is 21.5 Å². The number of aryl methyl sites for hydroxylation is 1. The Morgan fingerprint density at radius 2 is 2.21 bits per heavy atom. The molecule has 1 aromatic carbocycles. The van der Waals surface area contributed by atoms with Crippen molar-refractivity contribution >= 4 is 28.9 Å². The van der Waals surface area contributed by atoms with Crippen LogP contribution < -0.4 is 0 Å². The van der Waals surface area contributed by atoms with Crippen molar-refractivity contribution in [3.63, 3.8) is 0 Å². The van der Waals surface area contributed by atoms with Gasteiger partial charge in [0.1, 0.15) is 10.8 Å². The fraction of sp³-hybridized carbons (Fsp3) is 0.316. The highest BCUT2D eigenvalue weighted by Crippen LogP contribution is 2.41. The molecule has 0 aliphatic heterocycles. The molecule has 1 aliphatic rings. The van der Waals surface area contributed by atoms with Crippen LogP contribution in [0.5, 0.6) is 0 Å². The van der Waals surface area contributed by atoms with Crippen molar-refractivity contribution in [1.29, 1.82) is 5.26 Å². The van der Waals surface area contributed by atoms with Gasteiger partial charge in [0, 0.05) is 17.1 Å². The topological polar surface area (TPSA) is 84.5 Å². The normalized spacial score (nSPS) is 14.6. The molecule has 0 radical (unpaired) electrons. The smallest absolute Gasteiger partial charge is 0.192 e. The first kappa shape index (κ1) is 18.8. The van der Waals surface area contributed by atoms with Crippen LogP contribution in [0.3, 0.4) is 0 Å². The molecule has 28 heavy (non-hydrogen) atoms. The second-order valence-corrected chi connectivity index (χ2v) is 8.36. The molecule has 0 bridgehead atoms. The van der Waals surface area contributed by atoms with E-state index < -0.39 is 5.92 Å². The summed E-state index contributed by atoms with van der Waals surface area (Å²) in [7, 11) is 0. The number of rotatable bonds is 7. The van der Waals surface area contributed by atoms with Gasteiger partial charge in [0.05, 0.1) is 17.4 Å². The first-order chi connectivity index (χ1) is 13.6. The number of hydrogen-bond donors (Lipinski definition) is 0. The summed E-state index contributed by atoms with van der Waals surface area (Å²) in [5.41, 5.74) is 1.19. The van der Waals surface area contributed by atoms with E-state index in [1.54, 1.807) is 18.2 Å². The minimum absolute atomic E-state index is 0.0823. The lowest BCUT2D eigenvalue weighted by atomic mass is 10.1. The maximum absolute atomic E-state index is 14.2. The SMILES string of the molecule is Cc1csc([C@@H](C#N)C(=O)CSc2nnc(-c3ccccc3F)n2C2CC2)n1. The summed E-state index contributed by atoms with van der Waals surface area (Å²) in [6.07, 6.45) is 1.94. The Kier molecular flexibility index (Phi) is 5.24. The van der Waals surface area contributed by atoms with Crippen LogP contribution in [-0.2, 0) is 4.79 Å². The van der Waals surface area contributed by atoms with Gasteiger partial charge in [-0.3, -0.25) is 9.36 Å². The number of benzene rings is 1. The number of aromatic nitrogens is 4. The van der Waals surface area contributed by atoms with Gasteiger partial charge in [0.25, 0.3) is 0 Å². The van der Waals surface area contributed by atoms with Gasteiger partial charge in [0.15, 0.2) is 22.7 Å². The number of carbonyl (C=O) groups excluding carboxylic acids is 1. The molecule has 142 valence electrons. The number of nitrogens with zero attached hydrogens (tertiary/aromatic N) is 5. The lowest BCUT2D eigenvalue weighted by Crippen LogP contribution is -2.14. The quantitative estimate of drug-likeness (QED) is 0.541. The lowest BCUT2D eigenvalue weighted by molar-refractivity contribution is -0.116. The summed E-state index contributed by atoms with van der Waals surface area (Å²) in [5, 5.41) is 20.7. The second kappa shape index (κ2) is 7.81. The summed E-state index contributed by atoms with van der Waals surface area (Å²) in [4.78, 5) is 16.8. The lowest BCUT2D eigenvalue weighted by Gasteiger charge is -2.09. The average molecular weight is 414 g/mol. The van der Waals surface area contributed by atoms with Crippen LogP contribution in [0.2, 0.25) is 0 Å². The highest BCUT2D eigenvalue weighted by molar-refractivity contribution is 7.99. The van der Waals surface area contributed by atoms with E-state index in [1.165, 1.54) is 29.2 Å². The van der Waals surface area contributed by atoms with Crippen LogP contribution in [0.25, 0.3) is 11.4 Å². The maximum atomic E-state index is 14.2. The average Bonchev–Trinajstić information content (AvgIpc) is 3.30. The van der Waals surface area contributed by atoms with Gasteiger partial charge in [0.2, 0.25) is 0 Å². The van der Waals surface area contributed by atoms with Crippen LogP contribution in [0.15, 0.2) is 34.8 Å². The van der Waals surface area contributed by atoms with Gasteiger partial charge in [-0.05, 0) is 31.9 Å². The van der Waals surface area contributed by atoms with E-state index in [0.29, 0.717) is 21.6 Å². The summed E-state index contributed by atoms with van der Waals surface area (Å²) < 4.78 is 16.1.